The van der Waals surface area contributed by atoms with Crippen LogP contribution >= 0.6 is 0 Å². The molecule has 0 radical (unpaired) electrons. The summed E-state index contributed by atoms with van der Waals surface area (Å²) in [5.74, 6) is -1.62. The van der Waals surface area contributed by atoms with Crippen LogP contribution in [0.5, 0.6) is 0 Å². The SMILES string of the molecule is CCCC(C(=O)O)n1ccc(C(N)=O)n1. The van der Waals surface area contributed by atoms with Crippen LogP contribution in [0.15, 0.2) is 12.3 Å². The summed E-state index contributed by atoms with van der Waals surface area (Å²) in [6.07, 6.45) is 2.65. The molecule has 1 unspecified atom stereocenters. The van der Waals surface area contributed by atoms with E-state index in [0.29, 0.717) is 6.42 Å². The first-order chi connectivity index (χ1) is 7.06. The van der Waals surface area contributed by atoms with Crippen LogP contribution in [0.4, 0.5) is 0 Å². The first kappa shape index (κ1) is 11.2. The van der Waals surface area contributed by atoms with Crippen molar-refractivity contribution < 1.29 is 14.7 Å². The number of hydrogen-bond acceptors (Lipinski definition) is 3. The Bertz CT molecular complexity index is 372. The highest BCUT2D eigenvalue weighted by Crippen LogP contribution is 2.13. The molecule has 15 heavy (non-hydrogen) atoms. The smallest absolute Gasteiger partial charge is 0.328 e. The van der Waals surface area contributed by atoms with Crippen LogP contribution in [-0.2, 0) is 4.79 Å². The van der Waals surface area contributed by atoms with Gasteiger partial charge in [-0.1, -0.05) is 13.3 Å². The number of nitrogens with zero attached hydrogens (tertiary/aromatic N) is 2. The molecule has 0 fully saturated rings. The zero-order valence-electron chi connectivity index (χ0n) is 8.38. The van der Waals surface area contributed by atoms with E-state index < -0.39 is 17.9 Å². The molecule has 3 N–H and O–H groups in total. The first-order valence-electron chi connectivity index (χ1n) is 4.64. The molecule has 82 valence electrons. The van der Waals surface area contributed by atoms with E-state index in [1.807, 2.05) is 6.92 Å². The van der Waals surface area contributed by atoms with Crippen LogP contribution in [0.1, 0.15) is 36.3 Å². The molecule has 1 rings (SSSR count). The molecule has 0 aliphatic heterocycles. The number of primary amides is 1. The summed E-state index contributed by atoms with van der Waals surface area (Å²) >= 11 is 0. The number of nitrogens with two attached hydrogens (primary N) is 1. The van der Waals surface area contributed by atoms with E-state index in [0.717, 1.165) is 6.42 Å². The summed E-state index contributed by atoms with van der Waals surface area (Å²) in [4.78, 5) is 21.7. The van der Waals surface area contributed by atoms with Gasteiger partial charge in [0.05, 0.1) is 0 Å². The number of carboxylic acid groups (broad SMARTS) is 1. The van der Waals surface area contributed by atoms with Gasteiger partial charge in [-0.15, -0.1) is 0 Å². The largest absolute Gasteiger partial charge is 0.480 e. The highest BCUT2D eigenvalue weighted by Gasteiger charge is 2.20. The van der Waals surface area contributed by atoms with Crippen molar-refractivity contribution in [3.8, 4) is 0 Å². The monoisotopic (exact) mass is 211 g/mol. The van der Waals surface area contributed by atoms with Crippen LogP contribution < -0.4 is 5.73 Å². The number of hydrogen-bond donors (Lipinski definition) is 2. The third-order valence-electron chi connectivity index (χ3n) is 2.03. The van der Waals surface area contributed by atoms with Crippen molar-refractivity contribution >= 4 is 11.9 Å². The van der Waals surface area contributed by atoms with E-state index in [2.05, 4.69) is 5.10 Å². The molecular formula is C9H13N3O3. The predicted octanol–water partition coefficient (Wildman–Crippen LogP) is 0.408. The lowest BCUT2D eigenvalue weighted by Crippen LogP contribution is -2.20. The molecule has 6 nitrogen and oxygen atoms in total. The Morgan fingerprint density at radius 3 is 2.73 bits per heavy atom. The summed E-state index contributed by atoms with van der Waals surface area (Å²) in [6.45, 7) is 1.88. The zero-order valence-corrected chi connectivity index (χ0v) is 8.38. The molecule has 1 heterocycles. The molecule has 0 aromatic carbocycles. The maximum absolute atomic E-state index is 10.9. The number of carbonyl (C=O) groups excluding carboxylic acids is 1. The maximum atomic E-state index is 10.9. The summed E-state index contributed by atoms with van der Waals surface area (Å²) in [7, 11) is 0. The molecule has 1 aromatic heterocycles. The number of amides is 1. The fourth-order valence-corrected chi connectivity index (χ4v) is 1.29. The average molecular weight is 211 g/mol. The van der Waals surface area contributed by atoms with Crippen molar-refractivity contribution in [2.75, 3.05) is 0 Å². The van der Waals surface area contributed by atoms with Crippen molar-refractivity contribution in [3.05, 3.63) is 18.0 Å². The second-order valence-corrected chi connectivity index (χ2v) is 3.19. The van der Waals surface area contributed by atoms with Gasteiger partial charge in [0.1, 0.15) is 11.7 Å². The quantitative estimate of drug-likeness (QED) is 0.736. The van der Waals surface area contributed by atoms with Crippen LogP contribution in [0, 0.1) is 0 Å². The van der Waals surface area contributed by atoms with E-state index in [1.165, 1.54) is 16.9 Å². The fourth-order valence-electron chi connectivity index (χ4n) is 1.29. The third kappa shape index (κ3) is 2.55. The Hall–Kier alpha value is -1.85. The molecule has 0 saturated heterocycles. The molecule has 0 bridgehead atoms. The standard InChI is InChI=1S/C9H13N3O3/c1-2-3-7(9(14)15)12-5-4-6(11-12)8(10)13/h4-5,7H,2-3H2,1H3,(H2,10,13)(H,14,15). The normalized spacial score (nSPS) is 12.3. The van der Waals surface area contributed by atoms with Gasteiger partial charge >= 0.3 is 5.97 Å². The van der Waals surface area contributed by atoms with Crippen molar-refractivity contribution in [2.24, 2.45) is 5.73 Å². The minimum atomic E-state index is -0.962. The highest BCUT2D eigenvalue weighted by atomic mass is 16.4. The van der Waals surface area contributed by atoms with E-state index in [1.54, 1.807) is 0 Å². The van der Waals surface area contributed by atoms with Crippen LogP contribution in [-0.4, -0.2) is 26.8 Å². The molecule has 6 heteroatoms. The molecule has 1 amide bonds. The van der Waals surface area contributed by atoms with Gasteiger partial charge in [-0.25, -0.2) is 4.79 Å². The summed E-state index contributed by atoms with van der Waals surface area (Å²) in [6, 6.07) is 0.677. The second kappa shape index (κ2) is 4.59. The summed E-state index contributed by atoms with van der Waals surface area (Å²) in [5, 5.41) is 12.7. The average Bonchev–Trinajstić information content (AvgIpc) is 2.62. The van der Waals surface area contributed by atoms with E-state index in [4.69, 9.17) is 10.8 Å². The van der Waals surface area contributed by atoms with Crippen molar-refractivity contribution in [1.29, 1.82) is 0 Å². The second-order valence-electron chi connectivity index (χ2n) is 3.19. The number of aliphatic carboxylic acids is 1. The van der Waals surface area contributed by atoms with E-state index in [9.17, 15) is 9.59 Å². The van der Waals surface area contributed by atoms with Gasteiger partial charge in [0.25, 0.3) is 5.91 Å². The lowest BCUT2D eigenvalue weighted by Gasteiger charge is -2.10. The molecule has 1 aromatic rings. The Balaban J connectivity index is 2.91. The number of carbonyl (C=O) groups is 2. The van der Waals surface area contributed by atoms with Gasteiger partial charge in [0.15, 0.2) is 0 Å². The summed E-state index contributed by atoms with van der Waals surface area (Å²) < 4.78 is 1.26. The molecule has 0 aliphatic carbocycles. The molecule has 0 aliphatic rings. The Kier molecular flexibility index (Phi) is 3.43. The van der Waals surface area contributed by atoms with Crippen LogP contribution in [0.3, 0.4) is 0 Å². The highest BCUT2D eigenvalue weighted by molar-refractivity contribution is 5.90. The maximum Gasteiger partial charge on any atom is 0.328 e. The van der Waals surface area contributed by atoms with Gasteiger partial charge in [0, 0.05) is 6.20 Å². The lowest BCUT2D eigenvalue weighted by molar-refractivity contribution is -0.141. The van der Waals surface area contributed by atoms with Gasteiger partial charge in [-0.05, 0) is 12.5 Å². The zero-order chi connectivity index (χ0) is 11.4. The molecule has 1 atom stereocenters. The molecule has 0 saturated carbocycles. The van der Waals surface area contributed by atoms with Gasteiger partial charge in [-0.2, -0.15) is 5.10 Å². The Morgan fingerprint density at radius 1 is 1.67 bits per heavy atom. The third-order valence-corrected chi connectivity index (χ3v) is 2.03. The molecule has 0 spiro atoms. The Labute approximate surface area is 86.7 Å². The van der Waals surface area contributed by atoms with Gasteiger partial charge < -0.3 is 10.8 Å². The number of aromatic nitrogens is 2. The van der Waals surface area contributed by atoms with Crippen LogP contribution in [0.2, 0.25) is 0 Å². The van der Waals surface area contributed by atoms with E-state index >= 15 is 0 Å². The van der Waals surface area contributed by atoms with Crippen molar-refractivity contribution in [2.45, 2.75) is 25.8 Å². The van der Waals surface area contributed by atoms with Crippen molar-refractivity contribution in [1.82, 2.24) is 9.78 Å². The van der Waals surface area contributed by atoms with Gasteiger partial charge in [0.2, 0.25) is 0 Å². The topological polar surface area (TPSA) is 98.2 Å². The Morgan fingerprint density at radius 2 is 2.33 bits per heavy atom. The minimum Gasteiger partial charge on any atom is -0.480 e. The fraction of sp³-hybridized carbons (Fsp3) is 0.444. The first-order valence-corrected chi connectivity index (χ1v) is 4.64. The molecular weight excluding hydrogens is 198 g/mol. The lowest BCUT2D eigenvalue weighted by atomic mass is 10.2. The van der Waals surface area contributed by atoms with Crippen molar-refractivity contribution in [3.63, 3.8) is 0 Å². The summed E-state index contributed by atoms with van der Waals surface area (Å²) in [5.41, 5.74) is 5.10. The van der Waals surface area contributed by atoms with E-state index in [-0.39, 0.29) is 5.69 Å². The minimum absolute atomic E-state index is 0.0809. The van der Waals surface area contributed by atoms with Crippen LogP contribution in [0.25, 0.3) is 0 Å². The number of rotatable bonds is 5. The number of carboxylic acids is 1. The van der Waals surface area contributed by atoms with Gasteiger partial charge in [-0.3, -0.25) is 9.48 Å². The predicted molar refractivity (Wildman–Crippen MR) is 52.3 cm³/mol.